The first-order chi connectivity index (χ1) is 13.6. The predicted octanol–water partition coefficient (Wildman–Crippen LogP) is 3.40. The van der Waals surface area contributed by atoms with Crippen LogP contribution in [0.4, 0.5) is 19.1 Å². The van der Waals surface area contributed by atoms with Crippen molar-refractivity contribution in [3.05, 3.63) is 29.0 Å². The van der Waals surface area contributed by atoms with Crippen LogP contribution < -0.4 is 10.6 Å². The van der Waals surface area contributed by atoms with Crippen LogP contribution in [0.15, 0.2) is 33.5 Å². The van der Waals surface area contributed by atoms with Crippen LogP contribution >= 0.6 is 23.5 Å². The van der Waals surface area contributed by atoms with Crippen molar-refractivity contribution in [2.45, 2.75) is 36.0 Å². The largest absolute Gasteiger partial charge is 0.412 e. The lowest BCUT2D eigenvalue weighted by Gasteiger charge is -2.17. The lowest BCUT2D eigenvalue weighted by molar-refractivity contribution is -0.118. The van der Waals surface area contributed by atoms with E-state index < -0.39 is 23.6 Å². The van der Waals surface area contributed by atoms with Crippen LogP contribution in [0.5, 0.6) is 0 Å². The van der Waals surface area contributed by atoms with Gasteiger partial charge in [0.25, 0.3) is 0 Å². The Morgan fingerprint density at radius 2 is 1.97 bits per heavy atom. The van der Waals surface area contributed by atoms with Gasteiger partial charge in [-0.25, -0.2) is 9.97 Å². The standard InChI is InChI=1S/C17H16F3N5O2S2/c1-9(26)22-16-24-14(28-2)12(7-21)15(25-16)29-8-13(27)23-11-5-3-4-10(6-11)17(18,19)20/h5-6H,3-4,8H2,1-2H3,(H,23,27)(H,22,24,25,26). The number of nitriles is 1. The summed E-state index contributed by atoms with van der Waals surface area (Å²) in [7, 11) is 0. The van der Waals surface area contributed by atoms with E-state index in [2.05, 4.69) is 20.6 Å². The molecule has 2 N–H and O–H groups in total. The summed E-state index contributed by atoms with van der Waals surface area (Å²) in [5, 5.41) is 14.7. The zero-order valence-electron chi connectivity index (χ0n) is 15.4. The highest BCUT2D eigenvalue weighted by Crippen LogP contribution is 2.32. The molecular weight excluding hydrogens is 427 g/mol. The molecule has 1 aromatic heterocycles. The number of hydrogen-bond acceptors (Lipinski definition) is 7. The smallest absolute Gasteiger partial charge is 0.326 e. The number of carbonyl (C=O) groups is 2. The molecule has 2 amide bonds. The predicted molar refractivity (Wildman–Crippen MR) is 103 cm³/mol. The fraction of sp³-hybridized carbons (Fsp3) is 0.353. The molecule has 154 valence electrons. The van der Waals surface area contributed by atoms with Gasteiger partial charge in [-0.2, -0.15) is 18.4 Å². The third kappa shape index (κ3) is 6.50. The normalized spacial score (nSPS) is 13.8. The summed E-state index contributed by atoms with van der Waals surface area (Å²) in [4.78, 5) is 31.6. The second-order valence-corrected chi connectivity index (χ2v) is 7.49. The number of nitrogens with one attached hydrogen (secondary N) is 2. The zero-order valence-corrected chi connectivity index (χ0v) is 17.0. The van der Waals surface area contributed by atoms with Crippen LogP contribution in [0.25, 0.3) is 0 Å². The molecule has 0 bridgehead atoms. The van der Waals surface area contributed by atoms with Crippen LogP contribution in [0, 0.1) is 11.3 Å². The first-order valence-electron chi connectivity index (χ1n) is 8.18. The number of alkyl halides is 3. The van der Waals surface area contributed by atoms with Gasteiger partial charge < -0.3 is 5.32 Å². The quantitative estimate of drug-likeness (QED) is 0.512. The van der Waals surface area contributed by atoms with Gasteiger partial charge in [-0.3, -0.25) is 14.9 Å². The number of nitrogens with zero attached hydrogens (tertiary/aromatic N) is 3. The molecule has 0 fully saturated rings. The summed E-state index contributed by atoms with van der Waals surface area (Å²) in [5.41, 5.74) is -0.461. The molecule has 1 aromatic rings. The van der Waals surface area contributed by atoms with Gasteiger partial charge in [-0.05, 0) is 25.2 Å². The molecular formula is C17H16F3N5O2S2. The van der Waals surface area contributed by atoms with Crippen molar-refractivity contribution >= 4 is 41.3 Å². The van der Waals surface area contributed by atoms with E-state index in [4.69, 9.17) is 0 Å². The molecule has 12 heteroatoms. The minimum Gasteiger partial charge on any atom is -0.326 e. The van der Waals surface area contributed by atoms with Gasteiger partial charge in [0.05, 0.1) is 5.75 Å². The highest BCUT2D eigenvalue weighted by molar-refractivity contribution is 8.00. The molecule has 2 rings (SSSR count). The van der Waals surface area contributed by atoms with Gasteiger partial charge in [-0.1, -0.05) is 17.8 Å². The van der Waals surface area contributed by atoms with E-state index in [-0.39, 0.29) is 40.8 Å². The number of rotatable bonds is 6. The van der Waals surface area contributed by atoms with E-state index in [1.807, 2.05) is 6.07 Å². The SMILES string of the molecule is CSc1nc(NC(C)=O)nc(SCC(=O)NC2=CCCC(C(F)(F)F)=C2)c1C#N. The van der Waals surface area contributed by atoms with E-state index >= 15 is 0 Å². The highest BCUT2D eigenvalue weighted by Gasteiger charge is 2.34. The number of anilines is 1. The maximum Gasteiger partial charge on any atom is 0.412 e. The van der Waals surface area contributed by atoms with Crippen LogP contribution in [0.3, 0.4) is 0 Å². The second-order valence-electron chi connectivity index (χ2n) is 5.73. The molecule has 0 spiro atoms. The Kier molecular flexibility index (Phi) is 7.69. The lowest BCUT2D eigenvalue weighted by Crippen LogP contribution is -2.26. The Morgan fingerprint density at radius 3 is 2.55 bits per heavy atom. The fourth-order valence-electron chi connectivity index (χ4n) is 2.33. The minimum absolute atomic E-state index is 0.00324. The molecule has 0 aromatic carbocycles. The average Bonchev–Trinajstić information content (AvgIpc) is 2.64. The van der Waals surface area contributed by atoms with E-state index in [0.717, 1.165) is 17.8 Å². The van der Waals surface area contributed by atoms with Gasteiger partial charge in [0, 0.05) is 18.2 Å². The lowest BCUT2D eigenvalue weighted by atomic mass is 10.0. The number of aromatic nitrogens is 2. The Bertz CT molecular complexity index is 923. The summed E-state index contributed by atoms with van der Waals surface area (Å²) < 4.78 is 38.4. The number of thioether (sulfide) groups is 2. The number of hydrogen-bond donors (Lipinski definition) is 2. The Morgan fingerprint density at radius 1 is 1.28 bits per heavy atom. The summed E-state index contributed by atoms with van der Waals surface area (Å²) in [5.74, 6) is -1.13. The highest BCUT2D eigenvalue weighted by atomic mass is 32.2. The maximum absolute atomic E-state index is 12.8. The number of allylic oxidation sites excluding steroid dienone is 3. The molecule has 1 heterocycles. The number of carbonyl (C=O) groups excluding carboxylic acids is 2. The third-order valence-corrected chi connectivity index (χ3v) is 5.19. The molecule has 0 saturated carbocycles. The van der Waals surface area contributed by atoms with Gasteiger partial charge in [0.15, 0.2) is 0 Å². The first-order valence-corrected chi connectivity index (χ1v) is 10.4. The Balaban J connectivity index is 2.12. The summed E-state index contributed by atoms with van der Waals surface area (Å²) >= 11 is 2.10. The number of halogens is 3. The molecule has 0 atom stereocenters. The monoisotopic (exact) mass is 443 g/mol. The summed E-state index contributed by atoms with van der Waals surface area (Å²) in [6.45, 7) is 1.28. The molecule has 0 saturated heterocycles. The van der Waals surface area contributed by atoms with E-state index in [9.17, 15) is 28.0 Å². The van der Waals surface area contributed by atoms with Crippen molar-refractivity contribution in [1.82, 2.24) is 15.3 Å². The van der Waals surface area contributed by atoms with Crippen molar-refractivity contribution in [1.29, 1.82) is 5.26 Å². The van der Waals surface area contributed by atoms with Gasteiger partial charge >= 0.3 is 6.18 Å². The van der Waals surface area contributed by atoms with Crippen molar-refractivity contribution < 1.29 is 22.8 Å². The van der Waals surface area contributed by atoms with Crippen molar-refractivity contribution in [2.24, 2.45) is 0 Å². The topological polar surface area (TPSA) is 108 Å². The molecule has 1 aliphatic rings. The van der Waals surface area contributed by atoms with Crippen molar-refractivity contribution in [3.63, 3.8) is 0 Å². The van der Waals surface area contributed by atoms with Crippen LogP contribution in [-0.4, -0.2) is 40.0 Å². The second kappa shape index (κ2) is 9.80. The molecule has 29 heavy (non-hydrogen) atoms. The minimum atomic E-state index is -4.43. The maximum atomic E-state index is 12.8. The molecule has 0 radical (unpaired) electrons. The fourth-order valence-corrected chi connectivity index (χ4v) is 3.69. The summed E-state index contributed by atoms with van der Waals surface area (Å²) in [6, 6.07) is 1.97. The number of amides is 2. The van der Waals surface area contributed by atoms with Crippen LogP contribution in [0.1, 0.15) is 25.3 Å². The van der Waals surface area contributed by atoms with Crippen molar-refractivity contribution in [2.75, 3.05) is 17.3 Å². The van der Waals surface area contributed by atoms with Crippen LogP contribution in [0.2, 0.25) is 0 Å². The van der Waals surface area contributed by atoms with E-state index in [1.54, 1.807) is 6.26 Å². The van der Waals surface area contributed by atoms with Crippen LogP contribution in [-0.2, 0) is 9.59 Å². The third-order valence-electron chi connectivity index (χ3n) is 3.53. The van der Waals surface area contributed by atoms with Gasteiger partial charge in [-0.15, -0.1) is 11.8 Å². The Hall–Kier alpha value is -2.52. The van der Waals surface area contributed by atoms with Gasteiger partial charge in [0.1, 0.15) is 21.7 Å². The molecule has 0 aliphatic heterocycles. The van der Waals surface area contributed by atoms with E-state index in [0.29, 0.717) is 5.03 Å². The van der Waals surface area contributed by atoms with Gasteiger partial charge in [0.2, 0.25) is 17.8 Å². The summed E-state index contributed by atoms with van der Waals surface area (Å²) in [6.07, 6.45) is -0.261. The van der Waals surface area contributed by atoms with E-state index in [1.165, 1.54) is 24.8 Å². The zero-order chi connectivity index (χ0) is 21.6. The molecule has 1 aliphatic carbocycles. The molecule has 0 unspecified atom stereocenters. The Labute approximate surface area is 173 Å². The first kappa shape index (κ1) is 22.8. The average molecular weight is 443 g/mol. The molecule has 7 nitrogen and oxygen atoms in total. The van der Waals surface area contributed by atoms with Crippen molar-refractivity contribution in [3.8, 4) is 6.07 Å².